The van der Waals surface area contributed by atoms with E-state index < -0.39 is 27.2 Å². The summed E-state index contributed by atoms with van der Waals surface area (Å²) in [4.78, 5) is 32.3. The van der Waals surface area contributed by atoms with E-state index >= 15 is 0 Å². The van der Waals surface area contributed by atoms with Gasteiger partial charge in [0, 0.05) is 12.1 Å². The van der Waals surface area contributed by atoms with Crippen LogP contribution >= 0.6 is 0 Å². The van der Waals surface area contributed by atoms with E-state index in [1.807, 2.05) is 6.92 Å². The Morgan fingerprint density at radius 2 is 1.37 bits per heavy atom. The number of carbonyl (C=O) groups is 1. The SMILES string of the molecule is CC(C)=CCC/C(C)=C/CC/C(C)=C/COC(=O)c1cc([N+](=O)[O-])cc([N+](=O)[O-])c1. The second kappa shape index (κ2) is 12.3. The van der Waals surface area contributed by atoms with Gasteiger partial charge in [-0.2, -0.15) is 0 Å². The zero-order valence-corrected chi connectivity index (χ0v) is 17.8. The van der Waals surface area contributed by atoms with Crippen LogP contribution in [0.4, 0.5) is 11.4 Å². The summed E-state index contributed by atoms with van der Waals surface area (Å²) in [7, 11) is 0. The number of esters is 1. The minimum atomic E-state index is -0.846. The van der Waals surface area contributed by atoms with Gasteiger partial charge in [0.05, 0.1) is 21.5 Å². The van der Waals surface area contributed by atoms with Gasteiger partial charge in [-0.15, -0.1) is 0 Å². The molecular weight excluding hydrogens is 388 g/mol. The van der Waals surface area contributed by atoms with Crippen LogP contribution in [0.2, 0.25) is 0 Å². The molecule has 1 aromatic rings. The van der Waals surface area contributed by atoms with E-state index in [0.29, 0.717) is 0 Å². The maximum atomic E-state index is 12.1. The van der Waals surface area contributed by atoms with Crippen LogP contribution in [0.3, 0.4) is 0 Å². The summed E-state index contributed by atoms with van der Waals surface area (Å²) in [5, 5.41) is 21.8. The lowest BCUT2D eigenvalue weighted by Crippen LogP contribution is -2.07. The van der Waals surface area contributed by atoms with Gasteiger partial charge in [-0.25, -0.2) is 4.79 Å². The number of nitro groups is 2. The second-order valence-electron chi connectivity index (χ2n) is 7.31. The average molecular weight is 416 g/mol. The van der Waals surface area contributed by atoms with Crippen molar-refractivity contribution in [2.24, 2.45) is 0 Å². The number of hydrogen-bond donors (Lipinski definition) is 0. The normalized spacial score (nSPS) is 11.7. The molecule has 162 valence electrons. The van der Waals surface area contributed by atoms with Crippen LogP contribution in [-0.2, 0) is 4.74 Å². The average Bonchev–Trinajstić information content (AvgIpc) is 2.67. The molecule has 0 heterocycles. The second-order valence-corrected chi connectivity index (χ2v) is 7.31. The number of carbonyl (C=O) groups excluding carboxylic acids is 1. The standard InChI is InChI=1S/C22H28N2O6/c1-16(2)7-5-8-17(3)9-6-10-18(4)11-12-30-22(25)19-13-20(23(26)27)15-21(14-19)24(28)29/h7,9,11,13-15H,5-6,8,10,12H2,1-4H3/b17-9+,18-11+. The Morgan fingerprint density at radius 1 is 0.867 bits per heavy atom. The highest BCUT2D eigenvalue weighted by molar-refractivity contribution is 5.91. The van der Waals surface area contributed by atoms with Crippen LogP contribution < -0.4 is 0 Å². The first-order valence-electron chi connectivity index (χ1n) is 9.65. The lowest BCUT2D eigenvalue weighted by molar-refractivity contribution is -0.394. The molecule has 0 radical (unpaired) electrons. The molecule has 0 bridgehead atoms. The first-order valence-corrected chi connectivity index (χ1v) is 9.65. The lowest BCUT2D eigenvalue weighted by Gasteiger charge is -2.04. The third-order valence-electron chi connectivity index (χ3n) is 4.33. The molecule has 0 saturated carbocycles. The molecule has 0 aromatic heterocycles. The molecule has 0 spiro atoms. The minimum absolute atomic E-state index is 0.00950. The van der Waals surface area contributed by atoms with Gasteiger partial charge in [0.1, 0.15) is 6.61 Å². The molecule has 8 nitrogen and oxygen atoms in total. The quantitative estimate of drug-likeness (QED) is 0.187. The van der Waals surface area contributed by atoms with Crippen molar-refractivity contribution in [2.75, 3.05) is 6.61 Å². The summed E-state index contributed by atoms with van der Waals surface area (Å²) < 4.78 is 5.09. The van der Waals surface area contributed by atoms with E-state index in [9.17, 15) is 25.0 Å². The monoisotopic (exact) mass is 416 g/mol. The fourth-order valence-electron chi connectivity index (χ4n) is 2.61. The van der Waals surface area contributed by atoms with Crippen molar-refractivity contribution in [1.82, 2.24) is 0 Å². The predicted octanol–water partition coefficient (Wildman–Crippen LogP) is 6.08. The van der Waals surface area contributed by atoms with E-state index in [1.54, 1.807) is 6.08 Å². The van der Waals surface area contributed by atoms with Gasteiger partial charge in [0.15, 0.2) is 0 Å². The van der Waals surface area contributed by atoms with Crippen LogP contribution in [-0.4, -0.2) is 22.4 Å². The van der Waals surface area contributed by atoms with E-state index in [2.05, 4.69) is 32.9 Å². The van der Waals surface area contributed by atoms with Crippen LogP contribution in [0, 0.1) is 20.2 Å². The van der Waals surface area contributed by atoms with Crippen LogP contribution in [0.15, 0.2) is 53.1 Å². The number of nitro benzene ring substituents is 2. The van der Waals surface area contributed by atoms with Gasteiger partial charge >= 0.3 is 5.97 Å². The predicted molar refractivity (Wildman–Crippen MR) is 115 cm³/mol. The zero-order chi connectivity index (χ0) is 22.7. The van der Waals surface area contributed by atoms with E-state index in [1.165, 1.54) is 11.1 Å². The first-order chi connectivity index (χ1) is 14.1. The summed E-state index contributed by atoms with van der Waals surface area (Å²) in [5.74, 6) is -0.846. The minimum Gasteiger partial charge on any atom is -0.458 e. The number of benzene rings is 1. The highest BCUT2D eigenvalue weighted by atomic mass is 16.6. The van der Waals surface area contributed by atoms with Crippen molar-refractivity contribution in [2.45, 2.75) is 53.4 Å². The lowest BCUT2D eigenvalue weighted by atomic mass is 10.1. The number of rotatable bonds is 11. The third kappa shape index (κ3) is 9.27. The van der Waals surface area contributed by atoms with Crippen molar-refractivity contribution < 1.29 is 19.4 Å². The van der Waals surface area contributed by atoms with Crippen molar-refractivity contribution in [3.8, 4) is 0 Å². The van der Waals surface area contributed by atoms with Crippen molar-refractivity contribution in [3.05, 3.63) is 78.9 Å². The smallest absolute Gasteiger partial charge is 0.338 e. The number of ether oxygens (including phenoxy) is 1. The van der Waals surface area contributed by atoms with E-state index in [-0.39, 0.29) is 12.2 Å². The largest absolute Gasteiger partial charge is 0.458 e. The first kappa shape index (κ1) is 24.7. The summed E-state index contributed by atoms with van der Waals surface area (Å²) >= 11 is 0. The van der Waals surface area contributed by atoms with Crippen molar-refractivity contribution in [3.63, 3.8) is 0 Å². The highest BCUT2D eigenvalue weighted by Gasteiger charge is 2.20. The van der Waals surface area contributed by atoms with E-state index in [0.717, 1.165) is 49.5 Å². The highest BCUT2D eigenvalue weighted by Crippen LogP contribution is 2.23. The molecule has 0 aliphatic carbocycles. The topological polar surface area (TPSA) is 113 Å². The number of nitrogens with zero attached hydrogens (tertiary/aromatic N) is 2. The number of allylic oxidation sites excluding steroid dienone is 5. The number of non-ortho nitro benzene ring substituents is 2. The Balaban J connectivity index is 2.58. The maximum Gasteiger partial charge on any atom is 0.338 e. The number of hydrogen-bond acceptors (Lipinski definition) is 6. The zero-order valence-electron chi connectivity index (χ0n) is 17.8. The van der Waals surface area contributed by atoms with Gasteiger partial charge in [-0.3, -0.25) is 20.2 Å². The van der Waals surface area contributed by atoms with Gasteiger partial charge in [0.25, 0.3) is 11.4 Å². The molecule has 0 unspecified atom stereocenters. The van der Waals surface area contributed by atoms with E-state index in [4.69, 9.17) is 4.74 Å². The summed E-state index contributed by atoms with van der Waals surface area (Å²) in [6.07, 6.45) is 9.94. The Hall–Kier alpha value is -3.29. The fraction of sp³-hybridized carbons (Fsp3) is 0.409. The maximum absolute atomic E-state index is 12.1. The summed E-state index contributed by atoms with van der Waals surface area (Å²) in [6.45, 7) is 8.20. The summed E-state index contributed by atoms with van der Waals surface area (Å²) in [6, 6.07) is 2.74. The van der Waals surface area contributed by atoms with Crippen LogP contribution in [0.25, 0.3) is 0 Å². The van der Waals surface area contributed by atoms with Crippen molar-refractivity contribution in [1.29, 1.82) is 0 Å². The van der Waals surface area contributed by atoms with Crippen LogP contribution in [0.1, 0.15) is 63.7 Å². The molecule has 30 heavy (non-hydrogen) atoms. The molecule has 1 aromatic carbocycles. The molecule has 8 heteroatoms. The molecule has 0 aliphatic rings. The summed E-state index contributed by atoms with van der Waals surface area (Å²) in [5.41, 5.74) is 2.40. The third-order valence-corrected chi connectivity index (χ3v) is 4.33. The molecule has 0 atom stereocenters. The fourth-order valence-corrected chi connectivity index (χ4v) is 2.61. The molecule has 0 aliphatic heterocycles. The molecule has 0 N–H and O–H groups in total. The van der Waals surface area contributed by atoms with Gasteiger partial charge < -0.3 is 4.74 Å². The van der Waals surface area contributed by atoms with Crippen LogP contribution in [0.5, 0.6) is 0 Å². The Labute approximate surface area is 176 Å². The van der Waals surface area contributed by atoms with Gasteiger partial charge in [0.2, 0.25) is 0 Å². The Kier molecular flexibility index (Phi) is 10.2. The molecular formula is C22H28N2O6. The molecule has 0 amide bonds. The van der Waals surface area contributed by atoms with Gasteiger partial charge in [-0.05, 0) is 59.5 Å². The Morgan fingerprint density at radius 3 is 1.87 bits per heavy atom. The Bertz CT molecular complexity index is 847. The van der Waals surface area contributed by atoms with Gasteiger partial charge in [-0.1, -0.05) is 28.9 Å². The van der Waals surface area contributed by atoms with Crippen molar-refractivity contribution >= 4 is 17.3 Å². The molecule has 1 rings (SSSR count). The molecule has 0 saturated heterocycles. The molecule has 0 fully saturated rings.